The van der Waals surface area contributed by atoms with Gasteiger partial charge >= 0.3 is 0 Å². The third-order valence-corrected chi connectivity index (χ3v) is 3.14. The average Bonchev–Trinajstić information content (AvgIpc) is 2.52. The number of halogens is 3. The lowest BCUT2D eigenvalue weighted by atomic mass is 10.2. The van der Waals surface area contributed by atoms with Crippen molar-refractivity contribution in [2.24, 2.45) is 5.73 Å². The summed E-state index contributed by atoms with van der Waals surface area (Å²) in [6.07, 6.45) is 1.83. The van der Waals surface area contributed by atoms with E-state index >= 15 is 0 Å². The van der Waals surface area contributed by atoms with E-state index in [0.717, 1.165) is 18.6 Å². The highest BCUT2D eigenvalue weighted by molar-refractivity contribution is 5.85. The van der Waals surface area contributed by atoms with Crippen LogP contribution in [0.25, 0.3) is 0 Å². The molecule has 0 aromatic heterocycles. The van der Waals surface area contributed by atoms with E-state index in [1.165, 1.54) is 18.2 Å². The summed E-state index contributed by atoms with van der Waals surface area (Å²) in [5.74, 6) is 0.0260. The minimum Gasteiger partial charge on any atom is -0.494 e. The predicted molar refractivity (Wildman–Crippen MR) is 88.2 cm³/mol. The second-order valence-corrected chi connectivity index (χ2v) is 4.80. The van der Waals surface area contributed by atoms with Gasteiger partial charge in [0, 0.05) is 0 Å². The van der Waals surface area contributed by atoms with Crippen LogP contribution in [0.2, 0.25) is 0 Å². The van der Waals surface area contributed by atoms with Crippen molar-refractivity contribution in [1.82, 2.24) is 0 Å². The summed E-state index contributed by atoms with van der Waals surface area (Å²) in [4.78, 5) is 0. The summed E-state index contributed by atoms with van der Waals surface area (Å²) in [5, 5.41) is 0. The average molecular weight is 344 g/mol. The number of ether oxygens (including phenoxy) is 2. The first-order valence-corrected chi connectivity index (χ1v) is 7.19. The van der Waals surface area contributed by atoms with Crippen LogP contribution in [0.3, 0.4) is 0 Å². The van der Waals surface area contributed by atoms with E-state index < -0.39 is 11.6 Å². The van der Waals surface area contributed by atoms with E-state index in [4.69, 9.17) is 15.2 Å². The van der Waals surface area contributed by atoms with Gasteiger partial charge < -0.3 is 15.2 Å². The number of hydrogen-bond acceptors (Lipinski definition) is 3. The fourth-order valence-corrected chi connectivity index (χ4v) is 1.89. The zero-order valence-corrected chi connectivity index (χ0v) is 13.5. The van der Waals surface area contributed by atoms with Gasteiger partial charge in [0.2, 0.25) is 0 Å². The van der Waals surface area contributed by atoms with Gasteiger partial charge in [0.25, 0.3) is 0 Å². The Hall–Kier alpha value is -1.85. The number of hydrogen-bond donors (Lipinski definition) is 1. The van der Waals surface area contributed by atoms with Crippen molar-refractivity contribution in [2.45, 2.75) is 19.4 Å². The van der Waals surface area contributed by atoms with Crippen molar-refractivity contribution < 1.29 is 18.3 Å². The molecule has 0 atom stereocenters. The summed E-state index contributed by atoms with van der Waals surface area (Å²) in [5.41, 5.74) is 5.33. The van der Waals surface area contributed by atoms with E-state index in [9.17, 15) is 8.78 Å². The molecule has 0 radical (unpaired) electrons. The highest BCUT2D eigenvalue weighted by Crippen LogP contribution is 2.20. The van der Waals surface area contributed by atoms with E-state index in [1.54, 1.807) is 24.3 Å². The molecule has 6 heteroatoms. The number of rotatable bonds is 8. The molecule has 0 heterocycles. The Morgan fingerprint density at radius 1 is 0.826 bits per heavy atom. The molecule has 3 nitrogen and oxygen atoms in total. The smallest absolute Gasteiger partial charge is 0.132 e. The number of unbranched alkanes of at least 4 members (excludes halogenated alkanes) is 1. The molecule has 126 valence electrons. The molecule has 0 unspecified atom stereocenters. The maximum Gasteiger partial charge on any atom is 0.132 e. The van der Waals surface area contributed by atoms with Gasteiger partial charge in [0.05, 0.1) is 12.2 Å². The quantitative estimate of drug-likeness (QED) is 0.734. The Morgan fingerprint density at radius 3 is 1.96 bits per heavy atom. The lowest BCUT2D eigenvalue weighted by molar-refractivity contribution is 0.289. The van der Waals surface area contributed by atoms with Crippen LogP contribution < -0.4 is 15.2 Å². The van der Waals surface area contributed by atoms with Gasteiger partial charge in [-0.15, -0.1) is 12.4 Å². The maximum absolute atomic E-state index is 13.5. The molecule has 0 aliphatic heterocycles. The summed E-state index contributed by atoms with van der Waals surface area (Å²) in [6.45, 7) is 1.11. The van der Waals surface area contributed by atoms with Crippen LogP contribution >= 0.6 is 12.4 Å². The third kappa shape index (κ3) is 6.04. The molecule has 0 aliphatic rings. The molecule has 0 saturated heterocycles. The fraction of sp³-hybridized carbons (Fsp3) is 0.294. The van der Waals surface area contributed by atoms with Crippen molar-refractivity contribution in [1.29, 1.82) is 0 Å². The van der Waals surface area contributed by atoms with Gasteiger partial charge in [-0.1, -0.05) is 6.07 Å². The van der Waals surface area contributed by atoms with Crippen LogP contribution in [0.1, 0.15) is 18.4 Å². The summed E-state index contributed by atoms with van der Waals surface area (Å²) >= 11 is 0. The lowest BCUT2D eigenvalue weighted by Crippen LogP contribution is -2.03. The van der Waals surface area contributed by atoms with Crippen molar-refractivity contribution in [3.05, 3.63) is 59.7 Å². The molecule has 23 heavy (non-hydrogen) atoms. The Kier molecular flexibility index (Phi) is 8.37. The topological polar surface area (TPSA) is 44.5 Å². The van der Waals surface area contributed by atoms with Crippen LogP contribution in [-0.4, -0.2) is 13.2 Å². The second kappa shape index (κ2) is 10.0. The maximum atomic E-state index is 13.5. The zero-order valence-electron chi connectivity index (χ0n) is 12.6. The Balaban J connectivity index is 0.00000264. The molecule has 0 amide bonds. The Bertz CT molecular complexity index is 573. The normalized spacial score (nSPS) is 10.0. The van der Waals surface area contributed by atoms with Gasteiger partial charge in [0.15, 0.2) is 0 Å². The monoisotopic (exact) mass is 343 g/mol. The van der Waals surface area contributed by atoms with Crippen LogP contribution in [0.15, 0.2) is 42.5 Å². The molecule has 2 N–H and O–H groups in total. The van der Waals surface area contributed by atoms with E-state index in [1.807, 2.05) is 0 Å². The second-order valence-electron chi connectivity index (χ2n) is 4.80. The van der Waals surface area contributed by atoms with Gasteiger partial charge in [-0.25, -0.2) is 8.78 Å². The Morgan fingerprint density at radius 2 is 1.39 bits per heavy atom. The molecule has 2 aromatic rings. The molecule has 0 fully saturated rings. The highest BCUT2D eigenvalue weighted by atomic mass is 35.5. The largest absolute Gasteiger partial charge is 0.494 e. The molecular formula is C17H20ClF2NO2. The first kappa shape index (κ1) is 19.2. The lowest BCUT2D eigenvalue weighted by Gasteiger charge is -2.09. The summed E-state index contributed by atoms with van der Waals surface area (Å²) in [7, 11) is 0. The van der Waals surface area contributed by atoms with Crippen molar-refractivity contribution >= 4 is 12.4 Å². The standard InChI is InChI=1S/C17H19F2NO2.ClH/c18-16-4-3-5-17(19)15(16)12-22-14-8-6-13(7-9-14)21-11-2-1-10-20;/h3-9H,1-2,10-12,20H2;1H. The van der Waals surface area contributed by atoms with Crippen LogP contribution in [0.4, 0.5) is 8.78 Å². The molecular weight excluding hydrogens is 324 g/mol. The molecule has 2 rings (SSSR count). The summed E-state index contributed by atoms with van der Waals surface area (Å²) < 4.78 is 37.9. The fourth-order valence-electron chi connectivity index (χ4n) is 1.89. The van der Waals surface area contributed by atoms with E-state index in [0.29, 0.717) is 18.9 Å². The summed E-state index contributed by atoms with van der Waals surface area (Å²) in [6, 6.07) is 10.7. The first-order valence-electron chi connectivity index (χ1n) is 7.19. The molecule has 0 spiro atoms. The molecule has 0 saturated carbocycles. The SMILES string of the molecule is Cl.NCCCCOc1ccc(OCc2c(F)cccc2F)cc1. The molecule has 0 aliphatic carbocycles. The van der Waals surface area contributed by atoms with Gasteiger partial charge in [-0.2, -0.15) is 0 Å². The molecule has 2 aromatic carbocycles. The van der Waals surface area contributed by atoms with E-state index in [-0.39, 0.29) is 24.6 Å². The van der Waals surface area contributed by atoms with Crippen molar-refractivity contribution in [3.63, 3.8) is 0 Å². The van der Waals surface area contributed by atoms with Crippen molar-refractivity contribution in [3.8, 4) is 11.5 Å². The van der Waals surface area contributed by atoms with Crippen LogP contribution in [0.5, 0.6) is 11.5 Å². The van der Waals surface area contributed by atoms with Crippen LogP contribution in [0, 0.1) is 11.6 Å². The predicted octanol–water partition coefficient (Wildman–Crippen LogP) is 4.08. The van der Waals surface area contributed by atoms with E-state index in [2.05, 4.69) is 0 Å². The van der Waals surface area contributed by atoms with Crippen molar-refractivity contribution in [2.75, 3.05) is 13.2 Å². The minimum atomic E-state index is -0.611. The van der Waals surface area contributed by atoms with Gasteiger partial charge in [0.1, 0.15) is 29.7 Å². The minimum absolute atomic E-state index is 0. The molecule has 0 bridgehead atoms. The first-order chi connectivity index (χ1) is 10.7. The van der Waals surface area contributed by atoms with Gasteiger partial charge in [-0.3, -0.25) is 0 Å². The Labute approximate surface area is 140 Å². The zero-order chi connectivity index (χ0) is 15.8. The number of nitrogens with two attached hydrogens (primary N) is 1. The number of benzene rings is 2. The third-order valence-electron chi connectivity index (χ3n) is 3.14. The van der Waals surface area contributed by atoms with Crippen LogP contribution in [-0.2, 0) is 6.61 Å². The highest BCUT2D eigenvalue weighted by Gasteiger charge is 2.08. The van der Waals surface area contributed by atoms with Gasteiger partial charge in [-0.05, 0) is 55.8 Å².